The predicted octanol–water partition coefficient (Wildman–Crippen LogP) is 2.33. The number of aliphatic hydroxyl groups is 1. The Balaban J connectivity index is 2.45. The van der Waals surface area contributed by atoms with E-state index in [1.807, 2.05) is 19.1 Å². The van der Waals surface area contributed by atoms with Crippen molar-refractivity contribution >= 4 is 28.3 Å². The molecule has 0 aliphatic carbocycles. The lowest BCUT2D eigenvalue weighted by Crippen LogP contribution is -2.14. The second-order valence-corrected chi connectivity index (χ2v) is 4.42. The van der Waals surface area contributed by atoms with E-state index in [9.17, 15) is 0 Å². The molecular weight excluding hydrogens is 277 g/mol. The SMILES string of the molecule is CC(CO)CNc1cccc(I)c1. The number of anilines is 1. The van der Waals surface area contributed by atoms with Crippen molar-refractivity contribution in [3.63, 3.8) is 0 Å². The molecule has 2 nitrogen and oxygen atoms in total. The van der Waals surface area contributed by atoms with Crippen molar-refractivity contribution in [2.24, 2.45) is 5.92 Å². The van der Waals surface area contributed by atoms with Gasteiger partial charge in [0.15, 0.2) is 0 Å². The first-order valence-electron chi connectivity index (χ1n) is 4.32. The summed E-state index contributed by atoms with van der Waals surface area (Å²) in [6, 6.07) is 8.20. The molecule has 13 heavy (non-hydrogen) atoms. The van der Waals surface area contributed by atoms with Gasteiger partial charge < -0.3 is 10.4 Å². The maximum absolute atomic E-state index is 8.83. The number of aliphatic hydroxyl groups excluding tert-OH is 1. The minimum Gasteiger partial charge on any atom is -0.396 e. The second-order valence-electron chi connectivity index (χ2n) is 3.18. The topological polar surface area (TPSA) is 32.3 Å². The first kappa shape index (κ1) is 10.8. The summed E-state index contributed by atoms with van der Waals surface area (Å²) in [6.45, 7) is 3.06. The van der Waals surface area contributed by atoms with E-state index in [0.717, 1.165) is 12.2 Å². The van der Waals surface area contributed by atoms with Gasteiger partial charge in [0.1, 0.15) is 0 Å². The van der Waals surface area contributed by atoms with Gasteiger partial charge in [-0.1, -0.05) is 13.0 Å². The van der Waals surface area contributed by atoms with Gasteiger partial charge in [0.25, 0.3) is 0 Å². The van der Waals surface area contributed by atoms with Gasteiger partial charge >= 0.3 is 0 Å². The van der Waals surface area contributed by atoms with Crippen LogP contribution in [0.15, 0.2) is 24.3 Å². The van der Waals surface area contributed by atoms with E-state index < -0.39 is 0 Å². The third-order valence-corrected chi connectivity index (χ3v) is 2.46. The zero-order valence-corrected chi connectivity index (χ0v) is 9.78. The molecule has 0 aliphatic heterocycles. The van der Waals surface area contributed by atoms with Crippen LogP contribution in [0.3, 0.4) is 0 Å². The Bertz CT molecular complexity index is 265. The summed E-state index contributed by atoms with van der Waals surface area (Å²) < 4.78 is 1.22. The molecule has 72 valence electrons. The van der Waals surface area contributed by atoms with Crippen LogP contribution in [0.1, 0.15) is 6.92 Å². The minimum absolute atomic E-state index is 0.233. The summed E-state index contributed by atoms with van der Waals surface area (Å²) in [6.07, 6.45) is 0. The van der Waals surface area contributed by atoms with Crippen molar-refractivity contribution in [2.75, 3.05) is 18.5 Å². The fourth-order valence-electron chi connectivity index (χ4n) is 0.955. The summed E-state index contributed by atoms with van der Waals surface area (Å²) >= 11 is 2.28. The van der Waals surface area contributed by atoms with Gasteiger partial charge in [0.05, 0.1) is 0 Å². The Kier molecular flexibility index (Phi) is 4.52. The highest BCUT2D eigenvalue weighted by molar-refractivity contribution is 14.1. The van der Waals surface area contributed by atoms with Crippen LogP contribution in [-0.4, -0.2) is 18.3 Å². The average Bonchev–Trinajstić information content (AvgIpc) is 2.14. The van der Waals surface area contributed by atoms with Crippen LogP contribution in [0.2, 0.25) is 0 Å². The molecule has 0 heterocycles. The summed E-state index contributed by atoms with van der Waals surface area (Å²) in [4.78, 5) is 0. The third kappa shape index (κ3) is 3.95. The number of hydrogen-bond donors (Lipinski definition) is 2. The van der Waals surface area contributed by atoms with Crippen molar-refractivity contribution < 1.29 is 5.11 Å². The highest BCUT2D eigenvalue weighted by Crippen LogP contribution is 2.12. The first-order valence-corrected chi connectivity index (χ1v) is 5.40. The zero-order valence-electron chi connectivity index (χ0n) is 7.63. The van der Waals surface area contributed by atoms with Gasteiger partial charge in [0.2, 0.25) is 0 Å². The molecule has 0 aromatic heterocycles. The number of benzene rings is 1. The Labute approximate surface area is 92.5 Å². The molecule has 0 aliphatic rings. The molecule has 0 fully saturated rings. The van der Waals surface area contributed by atoms with Crippen molar-refractivity contribution in [1.82, 2.24) is 0 Å². The molecule has 1 aromatic carbocycles. The highest BCUT2D eigenvalue weighted by atomic mass is 127. The molecule has 0 amide bonds. The van der Waals surface area contributed by atoms with Crippen molar-refractivity contribution in [3.05, 3.63) is 27.8 Å². The van der Waals surface area contributed by atoms with Crippen molar-refractivity contribution in [2.45, 2.75) is 6.92 Å². The average molecular weight is 291 g/mol. The third-order valence-electron chi connectivity index (χ3n) is 1.79. The first-order chi connectivity index (χ1) is 6.22. The molecule has 0 radical (unpaired) electrons. The Morgan fingerprint density at radius 2 is 2.31 bits per heavy atom. The van der Waals surface area contributed by atoms with Gasteiger partial charge in [-0.3, -0.25) is 0 Å². The van der Waals surface area contributed by atoms with Crippen LogP contribution in [0.25, 0.3) is 0 Å². The smallest absolute Gasteiger partial charge is 0.0473 e. The van der Waals surface area contributed by atoms with E-state index in [4.69, 9.17) is 5.11 Å². The van der Waals surface area contributed by atoms with Crippen LogP contribution in [0.4, 0.5) is 5.69 Å². The molecule has 0 saturated heterocycles. The number of halogens is 1. The maximum atomic E-state index is 8.83. The zero-order chi connectivity index (χ0) is 9.68. The molecule has 0 bridgehead atoms. The number of rotatable bonds is 4. The molecule has 3 heteroatoms. The Morgan fingerprint density at radius 3 is 2.92 bits per heavy atom. The minimum atomic E-state index is 0.233. The van der Waals surface area contributed by atoms with Crippen LogP contribution >= 0.6 is 22.6 Å². The second kappa shape index (κ2) is 5.44. The van der Waals surface area contributed by atoms with Crippen LogP contribution in [-0.2, 0) is 0 Å². The molecule has 0 saturated carbocycles. The van der Waals surface area contributed by atoms with Crippen LogP contribution < -0.4 is 5.32 Å². The molecule has 1 rings (SSSR count). The van der Waals surface area contributed by atoms with Gasteiger partial charge in [-0.25, -0.2) is 0 Å². The van der Waals surface area contributed by atoms with Gasteiger partial charge in [-0.05, 0) is 46.7 Å². The quantitative estimate of drug-likeness (QED) is 0.835. The van der Waals surface area contributed by atoms with Gasteiger partial charge in [-0.15, -0.1) is 0 Å². The monoisotopic (exact) mass is 291 g/mol. The molecule has 1 atom stereocenters. The lowest BCUT2D eigenvalue weighted by Gasteiger charge is -2.10. The van der Waals surface area contributed by atoms with E-state index in [1.54, 1.807) is 0 Å². The molecule has 1 aromatic rings. The van der Waals surface area contributed by atoms with Crippen LogP contribution in [0, 0.1) is 9.49 Å². The van der Waals surface area contributed by atoms with Crippen molar-refractivity contribution in [3.8, 4) is 0 Å². The highest BCUT2D eigenvalue weighted by Gasteiger charge is 1.99. The van der Waals surface area contributed by atoms with E-state index in [2.05, 4.69) is 40.0 Å². The van der Waals surface area contributed by atoms with Crippen LogP contribution in [0.5, 0.6) is 0 Å². The van der Waals surface area contributed by atoms with Crippen molar-refractivity contribution in [1.29, 1.82) is 0 Å². The lowest BCUT2D eigenvalue weighted by molar-refractivity contribution is 0.244. The normalized spacial score (nSPS) is 12.5. The number of hydrogen-bond acceptors (Lipinski definition) is 2. The molecule has 0 spiro atoms. The fourth-order valence-corrected chi connectivity index (χ4v) is 1.50. The summed E-state index contributed by atoms with van der Waals surface area (Å²) in [5, 5.41) is 12.1. The maximum Gasteiger partial charge on any atom is 0.0473 e. The predicted molar refractivity (Wildman–Crippen MR) is 63.9 cm³/mol. The molecule has 2 N–H and O–H groups in total. The molecular formula is C10H14INO. The molecule has 1 unspecified atom stereocenters. The van der Waals surface area contributed by atoms with Gasteiger partial charge in [0, 0.05) is 22.4 Å². The summed E-state index contributed by atoms with van der Waals surface area (Å²) in [5.74, 6) is 0.304. The number of nitrogens with one attached hydrogen (secondary N) is 1. The van der Waals surface area contributed by atoms with E-state index >= 15 is 0 Å². The largest absolute Gasteiger partial charge is 0.396 e. The fraction of sp³-hybridized carbons (Fsp3) is 0.400. The van der Waals surface area contributed by atoms with E-state index in [1.165, 1.54) is 3.57 Å². The Morgan fingerprint density at radius 1 is 1.54 bits per heavy atom. The van der Waals surface area contributed by atoms with Gasteiger partial charge in [-0.2, -0.15) is 0 Å². The summed E-state index contributed by atoms with van der Waals surface area (Å²) in [5.41, 5.74) is 1.12. The van der Waals surface area contributed by atoms with E-state index in [0.29, 0.717) is 5.92 Å². The lowest BCUT2D eigenvalue weighted by atomic mass is 10.2. The van der Waals surface area contributed by atoms with E-state index in [-0.39, 0.29) is 6.61 Å². The summed E-state index contributed by atoms with van der Waals surface area (Å²) in [7, 11) is 0. The standard InChI is InChI=1S/C10H14INO/c1-8(7-13)6-12-10-4-2-3-9(11)5-10/h2-5,8,12-13H,6-7H2,1H3. The Hall–Kier alpha value is -0.290.